The highest BCUT2D eigenvalue weighted by Crippen LogP contribution is 2.39. The van der Waals surface area contributed by atoms with Gasteiger partial charge in [-0.3, -0.25) is 0 Å². The van der Waals surface area contributed by atoms with Crippen molar-refractivity contribution in [3.05, 3.63) is 29.8 Å². The molecule has 1 heterocycles. The molecule has 2 unspecified atom stereocenters. The van der Waals surface area contributed by atoms with Crippen molar-refractivity contribution < 1.29 is 9.84 Å². The lowest BCUT2D eigenvalue weighted by molar-refractivity contribution is -0.0136. The van der Waals surface area contributed by atoms with Gasteiger partial charge in [0, 0.05) is 18.7 Å². The first-order valence-electron chi connectivity index (χ1n) is 9.44. The minimum atomic E-state index is 0.369. The number of benzene rings is 1. The van der Waals surface area contributed by atoms with E-state index in [1.165, 1.54) is 56.9 Å². The molecule has 0 aromatic heterocycles. The van der Waals surface area contributed by atoms with Crippen LogP contribution >= 0.6 is 0 Å². The third kappa shape index (κ3) is 3.89. The SMILES string of the molecule is Oc1ccc(C2CCC(NC3CCOC(C4CC4)C3)CC2)cc1. The summed E-state index contributed by atoms with van der Waals surface area (Å²) in [5.41, 5.74) is 1.39. The first kappa shape index (κ1) is 15.5. The molecule has 1 saturated heterocycles. The maximum absolute atomic E-state index is 9.42. The minimum Gasteiger partial charge on any atom is -0.508 e. The van der Waals surface area contributed by atoms with Gasteiger partial charge in [0.1, 0.15) is 5.75 Å². The standard InChI is InChI=1S/C20H29NO2/c22-19-9-5-15(6-10-19)14-3-7-17(8-4-14)21-18-11-12-23-20(13-18)16-1-2-16/h5-6,9-10,14,16-18,20-22H,1-4,7-8,11-13H2. The molecule has 23 heavy (non-hydrogen) atoms. The molecule has 1 aliphatic heterocycles. The predicted molar refractivity (Wildman–Crippen MR) is 91.7 cm³/mol. The fraction of sp³-hybridized carbons (Fsp3) is 0.700. The van der Waals surface area contributed by atoms with E-state index in [4.69, 9.17) is 4.74 Å². The van der Waals surface area contributed by atoms with E-state index in [-0.39, 0.29) is 0 Å². The van der Waals surface area contributed by atoms with E-state index in [0.717, 1.165) is 12.5 Å². The molecule has 1 aromatic rings. The van der Waals surface area contributed by atoms with Crippen molar-refractivity contribution in [2.45, 2.75) is 75.5 Å². The van der Waals surface area contributed by atoms with Crippen LogP contribution in [0.15, 0.2) is 24.3 Å². The summed E-state index contributed by atoms with van der Waals surface area (Å²) in [6, 6.07) is 9.18. The fourth-order valence-electron chi connectivity index (χ4n) is 4.45. The van der Waals surface area contributed by atoms with Crippen molar-refractivity contribution in [1.82, 2.24) is 5.32 Å². The monoisotopic (exact) mass is 315 g/mol. The smallest absolute Gasteiger partial charge is 0.115 e. The summed E-state index contributed by atoms with van der Waals surface area (Å²) in [5, 5.41) is 13.4. The molecular weight excluding hydrogens is 286 g/mol. The third-order valence-electron chi connectivity index (χ3n) is 6.03. The molecule has 0 bridgehead atoms. The molecule has 0 radical (unpaired) electrons. The maximum atomic E-state index is 9.42. The van der Waals surface area contributed by atoms with E-state index in [1.807, 2.05) is 12.1 Å². The molecule has 1 aromatic carbocycles. The van der Waals surface area contributed by atoms with E-state index >= 15 is 0 Å². The summed E-state index contributed by atoms with van der Waals surface area (Å²) in [4.78, 5) is 0. The van der Waals surface area contributed by atoms with Crippen molar-refractivity contribution in [2.24, 2.45) is 5.92 Å². The molecule has 2 saturated carbocycles. The van der Waals surface area contributed by atoms with Crippen molar-refractivity contribution in [1.29, 1.82) is 0 Å². The third-order valence-corrected chi connectivity index (χ3v) is 6.03. The van der Waals surface area contributed by atoms with Crippen LogP contribution in [0.2, 0.25) is 0 Å². The Balaban J connectivity index is 1.25. The number of nitrogens with one attached hydrogen (secondary N) is 1. The summed E-state index contributed by atoms with van der Waals surface area (Å²) in [5.74, 6) is 1.90. The van der Waals surface area contributed by atoms with E-state index in [9.17, 15) is 5.11 Å². The molecule has 3 fully saturated rings. The van der Waals surface area contributed by atoms with Crippen LogP contribution in [0.4, 0.5) is 0 Å². The van der Waals surface area contributed by atoms with E-state index in [1.54, 1.807) is 0 Å². The van der Waals surface area contributed by atoms with Gasteiger partial charge in [0.15, 0.2) is 0 Å². The number of rotatable bonds is 4. The summed E-state index contributed by atoms with van der Waals surface area (Å²) in [6.45, 7) is 0.946. The minimum absolute atomic E-state index is 0.369. The summed E-state index contributed by atoms with van der Waals surface area (Å²) >= 11 is 0. The molecule has 3 nitrogen and oxygen atoms in total. The van der Waals surface area contributed by atoms with Gasteiger partial charge in [-0.2, -0.15) is 0 Å². The summed E-state index contributed by atoms with van der Waals surface area (Å²) in [7, 11) is 0. The largest absolute Gasteiger partial charge is 0.508 e. The van der Waals surface area contributed by atoms with Gasteiger partial charge in [0.2, 0.25) is 0 Å². The topological polar surface area (TPSA) is 41.5 Å². The second-order valence-electron chi connectivity index (χ2n) is 7.77. The first-order chi connectivity index (χ1) is 11.3. The van der Waals surface area contributed by atoms with Gasteiger partial charge in [0.05, 0.1) is 6.10 Å². The van der Waals surface area contributed by atoms with Crippen molar-refractivity contribution in [2.75, 3.05) is 6.61 Å². The van der Waals surface area contributed by atoms with Gasteiger partial charge >= 0.3 is 0 Å². The lowest BCUT2D eigenvalue weighted by atomic mass is 9.81. The van der Waals surface area contributed by atoms with Gasteiger partial charge in [-0.1, -0.05) is 12.1 Å². The van der Waals surface area contributed by atoms with Crippen LogP contribution in [0, 0.1) is 5.92 Å². The van der Waals surface area contributed by atoms with Crippen molar-refractivity contribution in [3.8, 4) is 5.75 Å². The number of aromatic hydroxyl groups is 1. The Hall–Kier alpha value is -1.06. The van der Waals surface area contributed by atoms with E-state index in [2.05, 4.69) is 17.4 Å². The molecule has 3 aliphatic rings. The Morgan fingerprint density at radius 3 is 2.30 bits per heavy atom. The molecule has 2 atom stereocenters. The highest BCUT2D eigenvalue weighted by molar-refractivity contribution is 5.28. The highest BCUT2D eigenvalue weighted by Gasteiger charge is 2.36. The van der Waals surface area contributed by atoms with Crippen LogP contribution in [0.5, 0.6) is 5.75 Å². The molecular formula is C20H29NO2. The van der Waals surface area contributed by atoms with Crippen LogP contribution in [0.25, 0.3) is 0 Å². The summed E-state index contributed by atoms with van der Waals surface area (Å²) < 4.78 is 5.95. The Bertz CT molecular complexity index is 503. The fourth-order valence-corrected chi connectivity index (χ4v) is 4.45. The molecule has 0 amide bonds. The second-order valence-corrected chi connectivity index (χ2v) is 7.77. The van der Waals surface area contributed by atoms with Crippen molar-refractivity contribution in [3.63, 3.8) is 0 Å². The number of hydrogen-bond donors (Lipinski definition) is 2. The molecule has 126 valence electrons. The second kappa shape index (κ2) is 6.82. The predicted octanol–water partition coefficient (Wildman–Crippen LogP) is 3.97. The summed E-state index contributed by atoms with van der Waals surface area (Å²) in [6.07, 6.45) is 10.8. The zero-order chi connectivity index (χ0) is 15.6. The van der Waals surface area contributed by atoms with E-state index in [0.29, 0.717) is 29.9 Å². The maximum Gasteiger partial charge on any atom is 0.115 e. The molecule has 0 spiro atoms. The number of phenols is 1. The normalized spacial score (nSPS) is 35.1. The quantitative estimate of drug-likeness (QED) is 0.883. The lowest BCUT2D eigenvalue weighted by Crippen LogP contribution is -2.45. The van der Waals surface area contributed by atoms with E-state index < -0.39 is 0 Å². The van der Waals surface area contributed by atoms with Crippen LogP contribution < -0.4 is 5.32 Å². The molecule has 3 heteroatoms. The van der Waals surface area contributed by atoms with Gasteiger partial charge < -0.3 is 15.2 Å². The lowest BCUT2D eigenvalue weighted by Gasteiger charge is -2.36. The van der Waals surface area contributed by atoms with Gasteiger partial charge in [-0.05, 0) is 80.9 Å². The zero-order valence-electron chi connectivity index (χ0n) is 13.9. The highest BCUT2D eigenvalue weighted by atomic mass is 16.5. The zero-order valence-corrected chi connectivity index (χ0v) is 13.9. The van der Waals surface area contributed by atoms with Crippen LogP contribution in [0.3, 0.4) is 0 Å². The Labute approximate surface area is 139 Å². The number of hydrogen-bond acceptors (Lipinski definition) is 3. The number of ether oxygens (including phenoxy) is 1. The Kier molecular flexibility index (Phi) is 4.59. The van der Waals surface area contributed by atoms with Crippen molar-refractivity contribution >= 4 is 0 Å². The molecule has 4 rings (SSSR count). The molecule has 2 N–H and O–H groups in total. The first-order valence-corrected chi connectivity index (χ1v) is 9.44. The average molecular weight is 315 g/mol. The Morgan fingerprint density at radius 2 is 1.61 bits per heavy atom. The average Bonchev–Trinajstić information content (AvgIpc) is 3.42. The van der Waals surface area contributed by atoms with Crippen LogP contribution in [-0.2, 0) is 4.74 Å². The molecule has 2 aliphatic carbocycles. The van der Waals surface area contributed by atoms with Gasteiger partial charge in [-0.25, -0.2) is 0 Å². The number of phenolic OH excluding ortho intramolecular Hbond substituents is 1. The Morgan fingerprint density at radius 1 is 0.870 bits per heavy atom. The van der Waals surface area contributed by atoms with Crippen LogP contribution in [0.1, 0.15) is 62.8 Å². The van der Waals surface area contributed by atoms with Gasteiger partial charge in [-0.15, -0.1) is 0 Å². The van der Waals surface area contributed by atoms with Gasteiger partial charge in [0.25, 0.3) is 0 Å². The van der Waals surface area contributed by atoms with Crippen LogP contribution in [-0.4, -0.2) is 29.9 Å².